The molecule has 18 heavy (non-hydrogen) atoms. The van der Waals surface area contributed by atoms with Crippen molar-refractivity contribution in [2.45, 2.75) is 13.0 Å². The molecule has 0 aliphatic carbocycles. The van der Waals surface area contributed by atoms with Gasteiger partial charge in [0.1, 0.15) is 0 Å². The molecule has 1 aliphatic heterocycles. The van der Waals surface area contributed by atoms with E-state index in [1.807, 2.05) is 12.1 Å². The number of amides is 1. The zero-order valence-electron chi connectivity index (χ0n) is 9.71. The van der Waals surface area contributed by atoms with Crippen LogP contribution in [-0.4, -0.2) is 26.1 Å². The minimum atomic E-state index is -3.17. The molecule has 0 aromatic heterocycles. The van der Waals surface area contributed by atoms with Crippen LogP contribution in [0.3, 0.4) is 0 Å². The molecular weight excluding hydrogens is 318 g/mol. The van der Waals surface area contributed by atoms with Crippen molar-refractivity contribution in [2.75, 3.05) is 10.7 Å². The highest BCUT2D eigenvalue weighted by Crippen LogP contribution is 2.24. The Morgan fingerprint density at radius 1 is 1.33 bits per heavy atom. The van der Waals surface area contributed by atoms with Gasteiger partial charge in [-0.25, -0.2) is 8.42 Å². The van der Waals surface area contributed by atoms with Gasteiger partial charge in [0.2, 0.25) is 5.91 Å². The Labute approximate surface area is 114 Å². The highest BCUT2D eigenvalue weighted by molar-refractivity contribution is 9.10. The van der Waals surface area contributed by atoms with Gasteiger partial charge in [0, 0.05) is 22.5 Å². The third-order valence-corrected chi connectivity index (χ3v) is 4.59. The molecule has 0 bridgehead atoms. The molecule has 0 fully saturated rings. The van der Waals surface area contributed by atoms with Crippen molar-refractivity contribution in [3.8, 4) is 0 Å². The summed E-state index contributed by atoms with van der Waals surface area (Å²) in [5, 5.41) is 1.17. The highest BCUT2D eigenvalue weighted by atomic mass is 79.9. The Morgan fingerprint density at radius 3 is 2.39 bits per heavy atom. The van der Waals surface area contributed by atoms with Crippen molar-refractivity contribution in [3.05, 3.63) is 40.2 Å². The van der Waals surface area contributed by atoms with E-state index >= 15 is 0 Å². The molecule has 96 valence electrons. The van der Waals surface area contributed by atoms with Gasteiger partial charge in [-0.05, 0) is 30.3 Å². The predicted octanol–water partition coefficient (Wildman–Crippen LogP) is 2.11. The molecule has 0 unspecified atom stereocenters. The second kappa shape index (κ2) is 4.85. The largest absolute Gasteiger partial charge is 0.305 e. The van der Waals surface area contributed by atoms with Crippen molar-refractivity contribution in [1.29, 1.82) is 0 Å². The van der Waals surface area contributed by atoms with Crippen molar-refractivity contribution < 1.29 is 13.2 Å². The molecular formula is C12H12BrNO3S. The van der Waals surface area contributed by atoms with E-state index in [0.717, 1.165) is 4.47 Å². The van der Waals surface area contributed by atoms with Crippen molar-refractivity contribution in [1.82, 2.24) is 0 Å². The Morgan fingerprint density at radius 2 is 1.94 bits per heavy atom. The van der Waals surface area contributed by atoms with Crippen LogP contribution in [0, 0.1) is 0 Å². The summed E-state index contributed by atoms with van der Waals surface area (Å²) in [6.07, 6.45) is 1.55. The zero-order chi connectivity index (χ0) is 13.3. The normalized spacial score (nSPS) is 20.9. The first-order chi connectivity index (χ1) is 8.39. The van der Waals surface area contributed by atoms with E-state index in [2.05, 4.69) is 15.9 Å². The third kappa shape index (κ3) is 2.81. The molecule has 0 saturated carbocycles. The maximum absolute atomic E-state index is 11.7. The average molecular weight is 330 g/mol. The number of anilines is 1. The van der Waals surface area contributed by atoms with Gasteiger partial charge < -0.3 is 4.90 Å². The number of carbonyl (C=O) groups excluding carboxylic acids is 1. The topological polar surface area (TPSA) is 54.5 Å². The zero-order valence-corrected chi connectivity index (χ0v) is 12.1. The van der Waals surface area contributed by atoms with E-state index in [-0.39, 0.29) is 11.7 Å². The average Bonchev–Trinajstić information content (AvgIpc) is 2.61. The number of hydrogen-bond acceptors (Lipinski definition) is 3. The molecule has 2 rings (SSSR count). The third-order valence-electron chi connectivity index (χ3n) is 2.69. The number of nitrogens with zero attached hydrogens (tertiary/aromatic N) is 1. The molecule has 0 saturated heterocycles. The first kappa shape index (κ1) is 13.3. The van der Waals surface area contributed by atoms with Crippen LogP contribution < -0.4 is 4.90 Å². The Bertz CT molecular complexity index is 592. The van der Waals surface area contributed by atoms with Gasteiger partial charge in [0.05, 0.1) is 11.8 Å². The van der Waals surface area contributed by atoms with Gasteiger partial charge >= 0.3 is 0 Å². The fourth-order valence-electron chi connectivity index (χ4n) is 1.93. The molecule has 6 heteroatoms. The summed E-state index contributed by atoms with van der Waals surface area (Å²) in [6.45, 7) is 1.43. The predicted molar refractivity (Wildman–Crippen MR) is 74.0 cm³/mol. The van der Waals surface area contributed by atoms with Gasteiger partial charge in [-0.1, -0.05) is 15.9 Å². The van der Waals surface area contributed by atoms with Crippen LogP contribution >= 0.6 is 15.9 Å². The molecule has 0 spiro atoms. The number of benzene rings is 1. The van der Waals surface area contributed by atoms with Crippen LogP contribution in [0.2, 0.25) is 0 Å². The van der Waals surface area contributed by atoms with Crippen LogP contribution in [0.25, 0.3) is 0 Å². The monoisotopic (exact) mass is 329 g/mol. The molecule has 1 heterocycles. The van der Waals surface area contributed by atoms with Crippen molar-refractivity contribution in [2.24, 2.45) is 0 Å². The number of rotatable bonds is 2. The second-order valence-corrected chi connectivity index (χ2v) is 6.94. The van der Waals surface area contributed by atoms with E-state index < -0.39 is 15.9 Å². The minimum absolute atomic E-state index is 0.0529. The number of halogens is 1. The Kier molecular flexibility index (Phi) is 3.59. The summed E-state index contributed by atoms with van der Waals surface area (Å²) in [5.41, 5.74) is 0.692. The molecule has 1 aliphatic rings. The van der Waals surface area contributed by atoms with Gasteiger partial charge in [-0.3, -0.25) is 4.79 Å². The Hall–Kier alpha value is -1.14. The van der Waals surface area contributed by atoms with E-state index in [1.165, 1.54) is 17.2 Å². The van der Waals surface area contributed by atoms with E-state index in [9.17, 15) is 13.2 Å². The fraction of sp³-hybridized carbons (Fsp3) is 0.250. The molecule has 1 amide bonds. The van der Waals surface area contributed by atoms with E-state index in [0.29, 0.717) is 5.69 Å². The summed E-state index contributed by atoms with van der Waals surface area (Å²) >= 11 is 3.32. The summed E-state index contributed by atoms with van der Waals surface area (Å²) < 4.78 is 23.7. The first-order valence-corrected chi connectivity index (χ1v) is 7.86. The lowest BCUT2D eigenvalue weighted by Crippen LogP contribution is -2.39. The lowest BCUT2D eigenvalue weighted by molar-refractivity contribution is -0.116. The van der Waals surface area contributed by atoms with Crippen LogP contribution in [0.15, 0.2) is 40.2 Å². The summed E-state index contributed by atoms with van der Waals surface area (Å²) in [6, 6.07) is 6.78. The second-order valence-electron chi connectivity index (χ2n) is 4.09. The minimum Gasteiger partial charge on any atom is -0.305 e. The van der Waals surface area contributed by atoms with Gasteiger partial charge in [0.15, 0.2) is 9.84 Å². The van der Waals surface area contributed by atoms with Gasteiger partial charge in [0.25, 0.3) is 0 Å². The first-order valence-electron chi connectivity index (χ1n) is 5.35. The molecule has 1 aromatic rings. The summed E-state index contributed by atoms with van der Waals surface area (Å²) in [5.74, 6) is -0.230. The highest BCUT2D eigenvalue weighted by Gasteiger charge is 2.29. The molecule has 1 atom stereocenters. The maximum atomic E-state index is 11.7. The molecule has 0 N–H and O–H groups in total. The lowest BCUT2D eigenvalue weighted by atomic mass is 10.2. The van der Waals surface area contributed by atoms with Crippen LogP contribution in [0.1, 0.15) is 6.92 Å². The van der Waals surface area contributed by atoms with Crippen LogP contribution in [-0.2, 0) is 14.6 Å². The number of carbonyl (C=O) groups is 1. The van der Waals surface area contributed by atoms with Gasteiger partial charge in [-0.2, -0.15) is 0 Å². The smallest absolute Gasteiger partial charge is 0.224 e. The maximum Gasteiger partial charge on any atom is 0.224 e. The van der Waals surface area contributed by atoms with Crippen molar-refractivity contribution >= 4 is 37.4 Å². The standard InChI is InChI=1S/C12H12BrNO3S/c1-9(15)14(11-4-2-10(13)3-5-11)12-6-7-18(16,17)8-12/h2-7,12H,8H2,1H3/t12-/m0/s1. The van der Waals surface area contributed by atoms with Crippen LogP contribution in [0.4, 0.5) is 5.69 Å². The molecule has 1 aromatic carbocycles. The molecule has 4 nitrogen and oxygen atoms in total. The summed E-state index contributed by atoms with van der Waals surface area (Å²) in [4.78, 5) is 13.2. The SMILES string of the molecule is CC(=O)N(c1ccc(Br)cc1)[C@H]1C=CS(=O)(=O)C1. The lowest BCUT2D eigenvalue weighted by Gasteiger charge is -2.26. The number of hydrogen-bond donors (Lipinski definition) is 0. The molecule has 0 radical (unpaired) electrons. The fourth-order valence-corrected chi connectivity index (χ4v) is 3.46. The van der Waals surface area contributed by atoms with Crippen molar-refractivity contribution in [3.63, 3.8) is 0 Å². The van der Waals surface area contributed by atoms with E-state index in [1.54, 1.807) is 18.2 Å². The van der Waals surface area contributed by atoms with Gasteiger partial charge in [-0.15, -0.1) is 0 Å². The van der Waals surface area contributed by atoms with Crippen LogP contribution in [0.5, 0.6) is 0 Å². The Balaban J connectivity index is 2.33. The quantitative estimate of drug-likeness (QED) is 0.835. The number of sulfone groups is 1. The van der Waals surface area contributed by atoms with E-state index in [4.69, 9.17) is 0 Å². The summed E-state index contributed by atoms with van der Waals surface area (Å²) in [7, 11) is -3.17.